The maximum Gasteiger partial charge on any atom is 0.350 e. The van der Waals surface area contributed by atoms with Crippen LogP contribution in [-0.2, 0) is 18.3 Å². The summed E-state index contributed by atoms with van der Waals surface area (Å²) in [7, 11) is 3.22. The molecule has 7 heteroatoms. The highest BCUT2D eigenvalue weighted by Crippen LogP contribution is 2.30. The molecule has 0 aliphatic rings. The minimum absolute atomic E-state index is 0.409. The molecule has 2 heterocycles. The molecule has 0 saturated heterocycles. The van der Waals surface area contributed by atoms with Crippen LogP contribution in [0.1, 0.15) is 20.9 Å². The number of nitrogens with zero attached hydrogens (tertiary/aromatic N) is 2. The fraction of sp³-hybridized carbons (Fsp3) is 0.333. The number of anilines is 2. The summed E-state index contributed by atoms with van der Waals surface area (Å²) in [6.45, 7) is 2.60. The van der Waals surface area contributed by atoms with Crippen molar-refractivity contribution in [2.24, 2.45) is 7.05 Å². The Morgan fingerprint density at radius 2 is 2.37 bits per heavy atom. The number of nitrogens with one attached hydrogen (secondary N) is 1. The van der Waals surface area contributed by atoms with Gasteiger partial charge in [0.05, 0.1) is 23.5 Å². The first-order valence-electron chi connectivity index (χ1n) is 5.72. The zero-order valence-corrected chi connectivity index (χ0v) is 11.9. The predicted octanol–water partition coefficient (Wildman–Crippen LogP) is 1.77. The van der Waals surface area contributed by atoms with Crippen molar-refractivity contribution in [3.05, 3.63) is 28.4 Å². The molecule has 0 atom stereocenters. The third-order valence-corrected chi connectivity index (χ3v) is 3.79. The molecule has 102 valence electrons. The van der Waals surface area contributed by atoms with Crippen molar-refractivity contribution in [1.82, 2.24) is 9.78 Å². The lowest BCUT2D eigenvalue weighted by Crippen LogP contribution is -2.01. The zero-order valence-electron chi connectivity index (χ0n) is 11.1. The van der Waals surface area contributed by atoms with E-state index in [0.717, 1.165) is 16.3 Å². The van der Waals surface area contributed by atoms with Crippen LogP contribution in [0.2, 0.25) is 0 Å². The van der Waals surface area contributed by atoms with Gasteiger partial charge >= 0.3 is 5.97 Å². The zero-order chi connectivity index (χ0) is 14.0. The van der Waals surface area contributed by atoms with Crippen LogP contribution in [0.4, 0.5) is 10.7 Å². The van der Waals surface area contributed by atoms with Gasteiger partial charge in [0, 0.05) is 25.4 Å². The monoisotopic (exact) mass is 280 g/mol. The van der Waals surface area contributed by atoms with Crippen LogP contribution >= 0.6 is 11.3 Å². The van der Waals surface area contributed by atoms with Crippen LogP contribution in [0.25, 0.3) is 0 Å². The lowest BCUT2D eigenvalue weighted by molar-refractivity contribution is 0.0607. The molecule has 6 nitrogen and oxygen atoms in total. The van der Waals surface area contributed by atoms with Gasteiger partial charge in [-0.1, -0.05) is 0 Å². The molecule has 0 aromatic carbocycles. The van der Waals surface area contributed by atoms with Gasteiger partial charge in [-0.15, -0.1) is 11.3 Å². The highest BCUT2D eigenvalue weighted by atomic mass is 32.1. The van der Waals surface area contributed by atoms with E-state index >= 15 is 0 Å². The number of ether oxygens (including phenoxy) is 1. The van der Waals surface area contributed by atoms with Crippen molar-refractivity contribution in [1.29, 1.82) is 0 Å². The second kappa shape index (κ2) is 5.31. The largest absolute Gasteiger partial charge is 0.465 e. The van der Waals surface area contributed by atoms with E-state index in [2.05, 4.69) is 15.2 Å². The predicted molar refractivity (Wildman–Crippen MR) is 75.3 cm³/mol. The van der Waals surface area contributed by atoms with Gasteiger partial charge in [0.1, 0.15) is 4.88 Å². The molecule has 0 aliphatic heterocycles. The van der Waals surface area contributed by atoms with Crippen LogP contribution < -0.4 is 11.1 Å². The van der Waals surface area contributed by atoms with Gasteiger partial charge in [-0.25, -0.2) is 4.79 Å². The topological polar surface area (TPSA) is 82.2 Å². The normalized spacial score (nSPS) is 10.5. The van der Waals surface area contributed by atoms with Gasteiger partial charge in [0.2, 0.25) is 0 Å². The maximum atomic E-state index is 11.4. The Kier molecular flexibility index (Phi) is 3.75. The molecule has 19 heavy (non-hydrogen) atoms. The molecular weight excluding hydrogens is 264 g/mol. The van der Waals surface area contributed by atoms with Gasteiger partial charge < -0.3 is 15.8 Å². The van der Waals surface area contributed by atoms with E-state index < -0.39 is 5.97 Å². The quantitative estimate of drug-likeness (QED) is 0.834. The number of esters is 1. The van der Waals surface area contributed by atoms with Gasteiger partial charge in [-0.2, -0.15) is 5.10 Å². The second-order valence-corrected chi connectivity index (χ2v) is 5.21. The minimum Gasteiger partial charge on any atom is -0.465 e. The van der Waals surface area contributed by atoms with E-state index in [1.54, 1.807) is 10.7 Å². The van der Waals surface area contributed by atoms with Crippen molar-refractivity contribution in [2.45, 2.75) is 13.5 Å². The Labute approximate surface area is 115 Å². The summed E-state index contributed by atoms with van der Waals surface area (Å²) < 4.78 is 6.44. The first-order valence-corrected chi connectivity index (χ1v) is 6.53. The Hall–Kier alpha value is -2.02. The minimum atomic E-state index is -0.409. The van der Waals surface area contributed by atoms with E-state index in [9.17, 15) is 4.79 Å². The van der Waals surface area contributed by atoms with E-state index in [-0.39, 0.29) is 0 Å². The highest BCUT2D eigenvalue weighted by molar-refractivity contribution is 7.18. The second-order valence-electron chi connectivity index (χ2n) is 4.15. The van der Waals surface area contributed by atoms with Gasteiger partial charge in [-0.05, 0) is 13.0 Å². The molecule has 2 aromatic rings. The summed E-state index contributed by atoms with van der Waals surface area (Å²) in [5, 5.41) is 8.34. The number of aromatic nitrogens is 2. The molecule has 2 rings (SSSR count). The average Bonchev–Trinajstić information content (AvgIpc) is 2.88. The van der Waals surface area contributed by atoms with Crippen molar-refractivity contribution in [3.8, 4) is 0 Å². The van der Waals surface area contributed by atoms with Crippen molar-refractivity contribution >= 4 is 28.0 Å². The van der Waals surface area contributed by atoms with Gasteiger partial charge in [0.25, 0.3) is 0 Å². The van der Waals surface area contributed by atoms with Crippen molar-refractivity contribution in [2.75, 3.05) is 18.2 Å². The summed E-state index contributed by atoms with van der Waals surface area (Å²) in [6, 6.07) is 1.74. The first-order chi connectivity index (χ1) is 9.01. The molecule has 0 bridgehead atoms. The summed E-state index contributed by atoms with van der Waals surface area (Å²) in [5.74, 6) is -0.409. The molecule has 0 radical (unpaired) electrons. The van der Waals surface area contributed by atoms with Crippen molar-refractivity contribution < 1.29 is 9.53 Å². The van der Waals surface area contributed by atoms with E-state index in [1.807, 2.05) is 20.2 Å². The van der Waals surface area contributed by atoms with Crippen LogP contribution in [0, 0.1) is 6.92 Å². The lowest BCUT2D eigenvalue weighted by atomic mass is 10.2. The lowest BCUT2D eigenvalue weighted by Gasteiger charge is -2.01. The smallest absolute Gasteiger partial charge is 0.350 e. The highest BCUT2D eigenvalue weighted by Gasteiger charge is 2.14. The summed E-state index contributed by atoms with van der Waals surface area (Å²) in [4.78, 5) is 11.9. The number of nitrogen functional groups attached to an aromatic ring is 1. The maximum absolute atomic E-state index is 11.4. The van der Waals surface area contributed by atoms with E-state index in [0.29, 0.717) is 17.1 Å². The summed E-state index contributed by atoms with van der Waals surface area (Å²) in [5.41, 5.74) is 8.29. The number of thiophene rings is 1. The number of hydrogen-bond donors (Lipinski definition) is 2. The van der Waals surface area contributed by atoms with Gasteiger partial charge in [0.15, 0.2) is 0 Å². The Morgan fingerprint density at radius 1 is 1.63 bits per heavy atom. The van der Waals surface area contributed by atoms with E-state index in [1.165, 1.54) is 18.4 Å². The molecule has 2 aromatic heterocycles. The number of hydrogen-bond acceptors (Lipinski definition) is 6. The van der Waals surface area contributed by atoms with Crippen LogP contribution in [0.5, 0.6) is 0 Å². The van der Waals surface area contributed by atoms with Crippen LogP contribution in [0.3, 0.4) is 0 Å². The Balaban J connectivity index is 2.08. The molecule has 0 amide bonds. The van der Waals surface area contributed by atoms with Crippen LogP contribution in [-0.4, -0.2) is 22.9 Å². The molecule has 0 saturated carbocycles. The SMILES string of the molecule is COC(=O)c1sc(NCc2cn(C)nc2C)cc1N. The Bertz CT molecular complexity index is 603. The summed E-state index contributed by atoms with van der Waals surface area (Å²) in [6.07, 6.45) is 1.96. The molecule has 0 aliphatic carbocycles. The number of aryl methyl sites for hydroxylation is 2. The Morgan fingerprint density at radius 3 is 2.95 bits per heavy atom. The fourth-order valence-corrected chi connectivity index (χ4v) is 2.64. The van der Waals surface area contributed by atoms with Crippen LogP contribution in [0.15, 0.2) is 12.3 Å². The first kappa shape index (κ1) is 13.4. The molecule has 3 N–H and O–H groups in total. The summed E-state index contributed by atoms with van der Waals surface area (Å²) >= 11 is 1.29. The number of rotatable bonds is 4. The molecular formula is C12H16N4O2S. The number of nitrogens with two attached hydrogens (primary N) is 1. The molecule has 0 fully saturated rings. The average molecular weight is 280 g/mol. The van der Waals surface area contributed by atoms with Gasteiger partial charge in [-0.3, -0.25) is 4.68 Å². The third-order valence-electron chi connectivity index (χ3n) is 2.70. The van der Waals surface area contributed by atoms with Crippen molar-refractivity contribution in [3.63, 3.8) is 0 Å². The standard InChI is InChI=1S/C12H16N4O2S/c1-7-8(6-16(2)15-7)5-14-10-4-9(13)11(19-10)12(17)18-3/h4,6,14H,5,13H2,1-3H3. The molecule has 0 unspecified atom stereocenters. The number of carbonyl (C=O) groups excluding carboxylic acids is 1. The fourth-order valence-electron chi connectivity index (χ4n) is 1.75. The molecule has 0 spiro atoms. The number of methoxy groups -OCH3 is 1. The third kappa shape index (κ3) is 2.87. The number of carbonyl (C=O) groups is 1. The van der Waals surface area contributed by atoms with E-state index in [4.69, 9.17) is 5.73 Å².